The van der Waals surface area contributed by atoms with Crippen LogP contribution < -0.4 is 5.32 Å². The molecule has 2 heterocycles. The van der Waals surface area contributed by atoms with Crippen molar-refractivity contribution in [1.82, 2.24) is 10.3 Å². The molecule has 1 amide bonds. The highest BCUT2D eigenvalue weighted by Crippen LogP contribution is 2.14. The molecule has 16 heavy (non-hydrogen) atoms. The van der Waals surface area contributed by atoms with E-state index in [1.807, 2.05) is 0 Å². The van der Waals surface area contributed by atoms with Crippen molar-refractivity contribution < 1.29 is 14.6 Å². The van der Waals surface area contributed by atoms with Gasteiger partial charge >= 0.3 is 0 Å². The number of nitrogens with one attached hydrogen (secondary N) is 1. The molecule has 86 valence electrons. The maximum atomic E-state index is 11.7. The van der Waals surface area contributed by atoms with Crippen LogP contribution in [0.4, 0.5) is 0 Å². The lowest BCUT2D eigenvalue weighted by atomic mass is 10.2. The van der Waals surface area contributed by atoms with Crippen LogP contribution in [0.1, 0.15) is 23.2 Å². The van der Waals surface area contributed by atoms with E-state index in [-0.39, 0.29) is 23.3 Å². The molecule has 5 heteroatoms. The van der Waals surface area contributed by atoms with Crippen LogP contribution in [0.2, 0.25) is 0 Å². The third-order valence-electron chi connectivity index (χ3n) is 2.56. The second-order valence-electron chi connectivity index (χ2n) is 3.74. The minimum Gasteiger partial charge on any atom is -0.505 e. The van der Waals surface area contributed by atoms with E-state index in [9.17, 15) is 9.90 Å². The zero-order valence-corrected chi connectivity index (χ0v) is 8.85. The maximum absolute atomic E-state index is 11.7. The zero-order chi connectivity index (χ0) is 11.4. The van der Waals surface area contributed by atoms with Crippen molar-refractivity contribution in [3.8, 4) is 5.75 Å². The van der Waals surface area contributed by atoms with Crippen molar-refractivity contribution in [3.05, 3.63) is 24.0 Å². The number of aromatic hydroxyl groups is 1. The third kappa shape index (κ3) is 2.49. The summed E-state index contributed by atoms with van der Waals surface area (Å²) in [6.07, 6.45) is 4.85. The zero-order valence-electron chi connectivity index (χ0n) is 8.85. The summed E-state index contributed by atoms with van der Waals surface area (Å²) in [5.41, 5.74) is 0.244. The Labute approximate surface area is 93.5 Å². The second kappa shape index (κ2) is 4.94. The van der Waals surface area contributed by atoms with Crippen LogP contribution in [0.3, 0.4) is 0 Å². The molecule has 0 aromatic carbocycles. The highest BCUT2D eigenvalue weighted by Gasteiger charge is 2.17. The second-order valence-corrected chi connectivity index (χ2v) is 3.74. The summed E-state index contributed by atoms with van der Waals surface area (Å²) in [6, 6.07) is 1.49. The third-order valence-corrected chi connectivity index (χ3v) is 2.56. The SMILES string of the molecule is O=C(NCC1CCCO1)c1ccncc1O. The topological polar surface area (TPSA) is 71.5 Å². The lowest BCUT2D eigenvalue weighted by Crippen LogP contribution is -2.31. The van der Waals surface area contributed by atoms with Gasteiger partial charge in [0.25, 0.3) is 5.91 Å². The first-order valence-corrected chi connectivity index (χ1v) is 5.30. The van der Waals surface area contributed by atoms with Crippen LogP contribution in [0, 0.1) is 0 Å². The van der Waals surface area contributed by atoms with E-state index in [4.69, 9.17) is 4.74 Å². The van der Waals surface area contributed by atoms with Gasteiger partial charge in [0.05, 0.1) is 17.9 Å². The Bertz CT molecular complexity index is 375. The molecule has 1 saturated heterocycles. The van der Waals surface area contributed by atoms with E-state index in [2.05, 4.69) is 10.3 Å². The predicted octanol–water partition coefficient (Wildman–Crippen LogP) is 0.696. The Kier molecular flexibility index (Phi) is 3.36. The lowest BCUT2D eigenvalue weighted by Gasteiger charge is -2.11. The summed E-state index contributed by atoms with van der Waals surface area (Å²) in [7, 11) is 0. The summed E-state index contributed by atoms with van der Waals surface area (Å²) in [5.74, 6) is -0.400. The van der Waals surface area contributed by atoms with E-state index < -0.39 is 0 Å². The van der Waals surface area contributed by atoms with Gasteiger partial charge in [-0.25, -0.2) is 0 Å². The molecule has 1 aromatic heterocycles. The van der Waals surface area contributed by atoms with Crippen LogP contribution in [-0.4, -0.2) is 35.3 Å². The van der Waals surface area contributed by atoms with Crippen molar-refractivity contribution in [2.75, 3.05) is 13.2 Å². The van der Waals surface area contributed by atoms with Gasteiger partial charge in [0.15, 0.2) is 0 Å². The smallest absolute Gasteiger partial charge is 0.255 e. The van der Waals surface area contributed by atoms with E-state index in [1.54, 1.807) is 0 Å². The molecular formula is C11H14N2O3. The number of nitrogens with zero attached hydrogens (tertiary/aromatic N) is 1. The number of ether oxygens (including phenoxy) is 1. The molecule has 0 radical (unpaired) electrons. The van der Waals surface area contributed by atoms with Crippen molar-refractivity contribution >= 4 is 5.91 Å². The summed E-state index contributed by atoms with van der Waals surface area (Å²) in [6.45, 7) is 1.25. The van der Waals surface area contributed by atoms with E-state index in [0.29, 0.717) is 6.54 Å². The fourth-order valence-corrected chi connectivity index (χ4v) is 1.69. The maximum Gasteiger partial charge on any atom is 0.255 e. The van der Waals surface area contributed by atoms with Crippen molar-refractivity contribution in [1.29, 1.82) is 0 Å². The first kappa shape index (κ1) is 10.9. The van der Waals surface area contributed by atoms with E-state index in [1.165, 1.54) is 18.5 Å². The van der Waals surface area contributed by atoms with Gasteiger partial charge in [0, 0.05) is 19.3 Å². The quantitative estimate of drug-likeness (QED) is 0.789. The van der Waals surface area contributed by atoms with E-state index >= 15 is 0 Å². The first-order chi connectivity index (χ1) is 7.77. The molecule has 0 bridgehead atoms. The predicted molar refractivity (Wildman–Crippen MR) is 57.2 cm³/mol. The summed E-state index contributed by atoms with van der Waals surface area (Å²) < 4.78 is 5.38. The van der Waals surface area contributed by atoms with Gasteiger partial charge in [-0.15, -0.1) is 0 Å². The van der Waals surface area contributed by atoms with Gasteiger partial charge in [-0.1, -0.05) is 0 Å². The molecule has 1 unspecified atom stereocenters. The van der Waals surface area contributed by atoms with Gasteiger partial charge in [0.2, 0.25) is 0 Å². The fraction of sp³-hybridized carbons (Fsp3) is 0.455. The first-order valence-electron chi connectivity index (χ1n) is 5.30. The van der Waals surface area contributed by atoms with Crippen molar-refractivity contribution in [2.45, 2.75) is 18.9 Å². The van der Waals surface area contributed by atoms with Gasteiger partial charge in [0.1, 0.15) is 5.75 Å². The standard InChI is InChI=1S/C11H14N2O3/c14-10-7-12-4-3-9(10)11(15)13-6-8-2-1-5-16-8/h3-4,7-8,14H,1-2,5-6H2,(H,13,15). The van der Waals surface area contributed by atoms with Crippen LogP contribution >= 0.6 is 0 Å². The number of carbonyl (C=O) groups is 1. The van der Waals surface area contributed by atoms with Gasteiger partial charge in [-0.2, -0.15) is 0 Å². The molecule has 1 aliphatic rings. The number of aromatic nitrogens is 1. The monoisotopic (exact) mass is 222 g/mol. The van der Waals surface area contributed by atoms with Crippen LogP contribution in [-0.2, 0) is 4.74 Å². The van der Waals surface area contributed by atoms with Crippen LogP contribution in [0.5, 0.6) is 5.75 Å². The van der Waals surface area contributed by atoms with Crippen LogP contribution in [0.15, 0.2) is 18.5 Å². The van der Waals surface area contributed by atoms with E-state index in [0.717, 1.165) is 19.4 Å². The Morgan fingerprint density at radius 1 is 1.69 bits per heavy atom. The molecule has 0 spiro atoms. The highest BCUT2D eigenvalue weighted by molar-refractivity contribution is 5.96. The van der Waals surface area contributed by atoms with Crippen LogP contribution in [0.25, 0.3) is 0 Å². The van der Waals surface area contributed by atoms with Crippen molar-refractivity contribution in [2.24, 2.45) is 0 Å². The lowest BCUT2D eigenvalue weighted by molar-refractivity contribution is 0.0855. The highest BCUT2D eigenvalue weighted by atomic mass is 16.5. The number of amides is 1. The average molecular weight is 222 g/mol. The molecule has 0 aliphatic carbocycles. The molecule has 5 nitrogen and oxygen atoms in total. The van der Waals surface area contributed by atoms with Gasteiger partial charge in [-0.05, 0) is 18.9 Å². The molecule has 2 N–H and O–H groups in total. The molecule has 0 saturated carbocycles. The van der Waals surface area contributed by atoms with Crippen molar-refractivity contribution in [3.63, 3.8) is 0 Å². The molecule has 1 atom stereocenters. The number of hydrogen-bond donors (Lipinski definition) is 2. The Hall–Kier alpha value is -1.62. The number of hydrogen-bond acceptors (Lipinski definition) is 4. The summed E-state index contributed by atoms with van der Waals surface area (Å²) in [5, 5.41) is 12.1. The largest absolute Gasteiger partial charge is 0.505 e. The molecule has 1 aliphatic heterocycles. The van der Waals surface area contributed by atoms with Gasteiger partial charge in [-0.3, -0.25) is 9.78 Å². The Morgan fingerprint density at radius 2 is 2.56 bits per heavy atom. The minimum absolute atomic E-state index is 0.104. The minimum atomic E-state index is -0.296. The summed E-state index contributed by atoms with van der Waals surface area (Å²) in [4.78, 5) is 15.4. The van der Waals surface area contributed by atoms with Gasteiger partial charge < -0.3 is 15.2 Å². The Morgan fingerprint density at radius 3 is 3.25 bits per heavy atom. The fourth-order valence-electron chi connectivity index (χ4n) is 1.69. The number of pyridine rings is 1. The molecule has 2 rings (SSSR count). The number of carbonyl (C=O) groups excluding carboxylic acids is 1. The number of rotatable bonds is 3. The molecule has 1 aromatic rings. The molecule has 1 fully saturated rings. The average Bonchev–Trinajstić information content (AvgIpc) is 2.79. The Balaban J connectivity index is 1.90. The summed E-state index contributed by atoms with van der Waals surface area (Å²) >= 11 is 0. The normalized spacial score (nSPS) is 19.6. The molecular weight excluding hydrogens is 208 g/mol.